The van der Waals surface area contributed by atoms with Gasteiger partial charge in [-0.25, -0.2) is 4.98 Å². The molecule has 2 aliphatic rings. The second kappa shape index (κ2) is 11.1. The fourth-order valence-electron chi connectivity index (χ4n) is 4.69. The summed E-state index contributed by atoms with van der Waals surface area (Å²) in [4.78, 5) is 30.8. The maximum atomic E-state index is 13.5. The summed E-state index contributed by atoms with van der Waals surface area (Å²) in [6.45, 7) is 0.550. The minimum Gasteiger partial charge on any atom is -0.493 e. The summed E-state index contributed by atoms with van der Waals surface area (Å²) in [6.07, 6.45) is 12.2. The molecule has 0 atom stereocenters. The van der Waals surface area contributed by atoms with Gasteiger partial charge in [-0.3, -0.25) is 14.2 Å². The van der Waals surface area contributed by atoms with Crippen LogP contribution in [0.15, 0.2) is 33.7 Å². The number of fused-ring (bicyclic) bond motifs is 1. The Morgan fingerprint density at radius 2 is 1.91 bits per heavy atom. The van der Waals surface area contributed by atoms with Crippen molar-refractivity contribution < 1.29 is 14.3 Å². The van der Waals surface area contributed by atoms with Crippen molar-refractivity contribution in [2.75, 3.05) is 20.0 Å². The van der Waals surface area contributed by atoms with E-state index in [9.17, 15) is 9.59 Å². The van der Waals surface area contributed by atoms with Gasteiger partial charge in [-0.15, -0.1) is 0 Å². The topological polar surface area (TPSA) is 82.5 Å². The molecule has 178 valence electrons. The van der Waals surface area contributed by atoms with Gasteiger partial charge in [0.15, 0.2) is 16.7 Å². The van der Waals surface area contributed by atoms with Gasteiger partial charge < -0.3 is 14.8 Å². The monoisotopic (exact) mass is 471 g/mol. The van der Waals surface area contributed by atoms with Crippen molar-refractivity contribution in [1.82, 2.24) is 14.9 Å². The third-order valence-electron chi connectivity index (χ3n) is 6.52. The van der Waals surface area contributed by atoms with Gasteiger partial charge in [0.05, 0.1) is 30.9 Å². The summed E-state index contributed by atoms with van der Waals surface area (Å²) < 4.78 is 12.5. The highest BCUT2D eigenvalue weighted by Crippen LogP contribution is 2.31. The number of nitrogens with one attached hydrogen (secondary N) is 1. The molecule has 1 heterocycles. The first-order chi connectivity index (χ1) is 16.1. The molecule has 1 amide bonds. The Morgan fingerprint density at radius 3 is 2.61 bits per heavy atom. The van der Waals surface area contributed by atoms with E-state index < -0.39 is 0 Å². The minimum atomic E-state index is -0.115. The number of aromatic nitrogens is 2. The van der Waals surface area contributed by atoms with E-state index in [0.29, 0.717) is 34.1 Å². The predicted octanol–water partition coefficient (Wildman–Crippen LogP) is 4.46. The highest BCUT2D eigenvalue weighted by Gasteiger charge is 2.20. The van der Waals surface area contributed by atoms with Crippen LogP contribution < -0.4 is 20.3 Å². The molecule has 8 heteroatoms. The minimum absolute atomic E-state index is 0.00454. The molecule has 1 aromatic carbocycles. The van der Waals surface area contributed by atoms with Crippen molar-refractivity contribution in [1.29, 1.82) is 0 Å². The van der Waals surface area contributed by atoms with Crippen LogP contribution in [-0.2, 0) is 11.3 Å². The fraction of sp³-hybridized carbons (Fsp3) is 0.560. The first kappa shape index (κ1) is 23.7. The molecule has 2 aliphatic carbocycles. The molecular weight excluding hydrogens is 438 g/mol. The van der Waals surface area contributed by atoms with Crippen LogP contribution >= 0.6 is 11.8 Å². The maximum Gasteiger partial charge on any atom is 0.262 e. The lowest BCUT2D eigenvalue weighted by atomic mass is 9.97. The number of nitrogens with zero attached hydrogens (tertiary/aromatic N) is 2. The average molecular weight is 472 g/mol. The van der Waals surface area contributed by atoms with Crippen molar-refractivity contribution >= 4 is 28.6 Å². The summed E-state index contributed by atoms with van der Waals surface area (Å²) in [5, 5.41) is 4.17. The molecule has 1 saturated carbocycles. The van der Waals surface area contributed by atoms with Gasteiger partial charge in [-0.2, -0.15) is 0 Å². The van der Waals surface area contributed by atoms with Crippen molar-refractivity contribution in [3.05, 3.63) is 34.1 Å². The van der Waals surface area contributed by atoms with E-state index >= 15 is 0 Å². The van der Waals surface area contributed by atoms with Crippen molar-refractivity contribution in [2.45, 2.75) is 75.5 Å². The SMILES string of the molecule is COc1cc2nc(SCC(=O)NC3CCCC3)n(CCC3=CCCCC3)c(=O)c2cc1OC. The van der Waals surface area contributed by atoms with Crippen LogP contribution in [-0.4, -0.2) is 41.5 Å². The fourth-order valence-corrected chi connectivity index (χ4v) is 5.53. The van der Waals surface area contributed by atoms with Gasteiger partial charge in [0, 0.05) is 18.7 Å². The average Bonchev–Trinajstić information content (AvgIpc) is 3.35. The Morgan fingerprint density at radius 1 is 1.15 bits per heavy atom. The Kier molecular flexibility index (Phi) is 7.96. The first-order valence-corrected chi connectivity index (χ1v) is 12.8. The van der Waals surface area contributed by atoms with Gasteiger partial charge in [0.1, 0.15) is 0 Å². The maximum absolute atomic E-state index is 13.5. The number of rotatable bonds is 9. The largest absolute Gasteiger partial charge is 0.493 e. The molecule has 0 radical (unpaired) electrons. The molecule has 4 rings (SSSR count). The zero-order valence-corrected chi connectivity index (χ0v) is 20.3. The molecule has 0 aliphatic heterocycles. The van der Waals surface area contributed by atoms with Crippen LogP contribution in [0, 0.1) is 0 Å². The van der Waals surface area contributed by atoms with E-state index in [1.54, 1.807) is 30.9 Å². The number of hydrogen-bond acceptors (Lipinski definition) is 6. The molecule has 0 bridgehead atoms. The van der Waals surface area contributed by atoms with Crippen LogP contribution in [0.25, 0.3) is 10.9 Å². The van der Waals surface area contributed by atoms with Gasteiger partial charge >= 0.3 is 0 Å². The van der Waals surface area contributed by atoms with Crippen LogP contribution in [0.5, 0.6) is 11.5 Å². The summed E-state index contributed by atoms with van der Waals surface area (Å²) >= 11 is 1.33. The second-order valence-corrected chi connectivity index (χ2v) is 9.71. The molecule has 1 fully saturated rings. The van der Waals surface area contributed by atoms with Crippen molar-refractivity contribution in [3.8, 4) is 11.5 Å². The number of methoxy groups -OCH3 is 2. The number of carbonyl (C=O) groups is 1. The van der Waals surface area contributed by atoms with Crippen LogP contribution in [0.2, 0.25) is 0 Å². The quantitative estimate of drug-likeness (QED) is 0.330. The van der Waals surface area contributed by atoms with Crippen molar-refractivity contribution in [2.24, 2.45) is 0 Å². The number of ether oxygens (including phenoxy) is 2. The zero-order chi connectivity index (χ0) is 23.2. The normalized spacial score (nSPS) is 16.6. The predicted molar refractivity (Wildman–Crippen MR) is 131 cm³/mol. The molecular formula is C25H33N3O4S. The number of carbonyl (C=O) groups excluding carboxylic acids is 1. The lowest BCUT2D eigenvalue weighted by molar-refractivity contribution is -0.119. The molecule has 0 unspecified atom stereocenters. The number of allylic oxidation sites excluding steroid dienone is 2. The van der Waals surface area contributed by atoms with Crippen LogP contribution in [0.4, 0.5) is 0 Å². The summed E-state index contributed by atoms with van der Waals surface area (Å²) in [5.41, 5.74) is 1.83. The molecule has 7 nitrogen and oxygen atoms in total. The Bertz CT molecular complexity index is 1090. The number of benzene rings is 1. The Hall–Kier alpha value is -2.48. The zero-order valence-electron chi connectivity index (χ0n) is 19.5. The Balaban J connectivity index is 1.62. The number of thioether (sulfide) groups is 1. The molecule has 0 spiro atoms. The van der Waals surface area contributed by atoms with Gasteiger partial charge in [-0.1, -0.05) is 36.3 Å². The van der Waals surface area contributed by atoms with E-state index in [1.807, 2.05) is 0 Å². The van der Waals surface area contributed by atoms with Gasteiger partial charge in [-0.05, 0) is 51.0 Å². The summed E-state index contributed by atoms with van der Waals surface area (Å²) in [7, 11) is 3.12. The standard InChI is InChI=1S/C25H33N3O4S/c1-31-21-14-19-20(15-22(21)32-2)27-25(33-16-23(29)26-18-10-6-7-11-18)28(24(19)30)13-12-17-8-4-3-5-9-17/h8,14-15,18H,3-7,9-13,16H2,1-2H3,(H,26,29). The highest BCUT2D eigenvalue weighted by molar-refractivity contribution is 7.99. The highest BCUT2D eigenvalue weighted by atomic mass is 32.2. The molecule has 33 heavy (non-hydrogen) atoms. The van der Waals surface area contributed by atoms with E-state index in [4.69, 9.17) is 14.5 Å². The lowest BCUT2D eigenvalue weighted by Gasteiger charge is -2.17. The van der Waals surface area contributed by atoms with Gasteiger partial charge in [0.25, 0.3) is 5.56 Å². The van der Waals surface area contributed by atoms with E-state index in [0.717, 1.165) is 32.1 Å². The molecule has 1 aromatic heterocycles. The van der Waals surface area contributed by atoms with Crippen molar-refractivity contribution in [3.63, 3.8) is 0 Å². The smallest absolute Gasteiger partial charge is 0.262 e. The van der Waals surface area contributed by atoms with Crippen LogP contribution in [0.1, 0.15) is 57.8 Å². The third kappa shape index (κ3) is 5.72. The molecule has 0 saturated heterocycles. The van der Waals surface area contributed by atoms with E-state index in [-0.39, 0.29) is 23.3 Å². The summed E-state index contributed by atoms with van der Waals surface area (Å²) in [6, 6.07) is 3.70. The Labute approximate surface area is 198 Å². The third-order valence-corrected chi connectivity index (χ3v) is 7.50. The second-order valence-electron chi connectivity index (χ2n) is 8.77. The number of amides is 1. The van der Waals surface area contributed by atoms with Crippen LogP contribution in [0.3, 0.4) is 0 Å². The van der Waals surface area contributed by atoms with E-state index in [1.165, 1.54) is 43.0 Å². The molecule has 1 N–H and O–H groups in total. The van der Waals surface area contributed by atoms with E-state index in [2.05, 4.69) is 11.4 Å². The van der Waals surface area contributed by atoms with Gasteiger partial charge in [0.2, 0.25) is 5.91 Å². The first-order valence-electron chi connectivity index (χ1n) is 11.9. The number of hydrogen-bond donors (Lipinski definition) is 1. The molecule has 2 aromatic rings. The lowest BCUT2D eigenvalue weighted by Crippen LogP contribution is -2.34. The summed E-state index contributed by atoms with van der Waals surface area (Å²) in [5.74, 6) is 1.26.